The van der Waals surface area contributed by atoms with Crippen molar-refractivity contribution in [1.82, 2.24) is 4.90 Å². The first-order chi connectivity index (χ1) is 10.0. The summed E-state index contributed by atoms with van der Waals surface area (Å²) in [4.78, 5) is 13.2. The summed E-state index contributed by atoms with van der Waals surface area (Å²) in [6.07, 6.45) is 3.10. The highest BCUT2D eigenvalue weighted by Crippen LogP contribution is 2.35. The Balaban J connectivity index is 2.37. The molecule has 5 heteroatoms. The number of amides is 1. The number of aliphatic hydroxyl groups is 1. The summed E-state index contributed by atoms with van der Waals surface area (Å²) in [6.45, 7) is 1.62. The summed E-state index contributed by atoms with van der Waals surface area (Å²) >= 11 is 6.22. The molecule has 1 aliphatic rings. The molecule has 1 aromatic carbocycles. The van der Waals surface area contributed by atoms with Crippen LogP contribution >= 0.6 is 11.6 Å². The maximum Gasteiger partial charge on any atom is 0.408 e. The van der Waals surface area contributed by atoms with Crippen molar-refractivity contribution in [3.63, 3.8) is 0 Å². The minimum absolute atomic E-state index is 0.0490. The lowest BCUT2D eigenvalue weighted by Crippen LogP contribution is -2.46. The van der Waals surface area contributed by atoms with Gasteiger partial charge in [0.25, 0.3) is 0 Å². The van der Waals surface area contributed by atoms with E-state index in [0.717, 1.165) is 32.1 Å². The van der Waals surface area contributed by atoms with Gasteiger partial charge in [-0.15, -0.1) is 0 Å². The smallest absolute Gasteiger partial charge is 0.408 e. The Labute approximate surface area is 130 Å². The quantitative estimate of drug-likeness (QED) is 0.881. The van der Waals surface area contributed by atoms with E-state index >= 15 is 0 Å². The van der Waals surface area contributed by atoms with Crippen molar-refractivity contribution >= 4 is 17.7 Å². The molecule has 4 nitrogen and oxygen atoms in total. The fraction of sp³-hybridized carbons (Fsp3) is 0.562. The summed E-state index contributed by atoms with van der Waals surface area (Å²) in [5.41, 5.74) is 0.669. The van der Waals surface area contributed by atoms with Crippen molar-refractivity contribution in [3.05, 3.63) is 34.9 Å². The van der Waals surface area contributed by atoms with Crippen molar-refractivity contribution in [2.24, 2.45) is 0 Å². The van der Waals surface area contributed by atoms with Gasteiger partial charge in [0.05, 0.1) is 12.1 Å². The van der Waals surface area contributed by atoms with Crippen LogP contribution < -0.4 is 0 Å². The second-order valence-corrected chi connectivity index (χ2v) is 6.10. The zero-order chi connectivity index (χ0) is 15.4. The van der Waals surface area contributed by atoms with E-state index < -0.39 is 18.2 Å². The van der Waals surface area contributed by atoms with E-state index in [4.69, 9.17) is 11.6 Å². The molecule has 1 fully saturated rings. The maximum atomic E-state index is 11.8. The van der Waals surface area contributed by atoms with Crippen LogP contribution in [0.5, 0.6) is 0 Å². The molecule has 0 aromatic heterocycles. The Hall–Kier alpha value is -1.26. The summed E-state index contributed by atoms with van der Waals surface area (Å²) < 4.78 is 0. The van der Waals surface area contributed by atoms with Gasteiger partial charge in [0.1, 0.15) is 0 Å². The van der Waals surface area contributed by atoms with E-state index in [2.05, 4.69) is 0 Å². The van der Waals surface area contributed by atoms with Crippen LogP contribution in [-0.4, -0.2) is 33.4 Å². The molecule has 116 valence electrons. The molecule has 1 aliphatic carbocycles. The zero-order valence-electron chi connectivity index (χ0n) is 12.2. The second-order valence-electron chi connectivity index (χ2n) is 5.69. The van der Waals surface area contributed by atoms with Crippen molar-refractivity contribution in [3.8, 4) is 0 Å². The number of benzene rings is 1. The van der Waals surface area contributed by atoms with Crippen LogP contribution in [0, 0.1) is 0 Å². The van der Waals surface area contributed by atoms with Crippen LogP contribution in [0.15, 0.2) is 24.3 Å². The standard InChI is InChI=1S/C16H22ClNO3/c1-11(19)15(13-9-5-6-10-14(13)17)18(16(20)21)12-7-3-2-4-8-12/h5-6,9-12,15,19H,2-4,7-8H2,1H3,(H,20,21)/t11-,15+/m0/s1. The molecular formula is C16H22ClNO3. The fourth-order valence-corrected chi connectivity index (χ4v) is 3.47. The number of rotatable bonds is 4. The molecule has 2 N–H and O–H groups in total. The lowest BCUT2D eigenvalue weighted by molar-refractivity contribution is 0.0256. The second kappa shape index (κ2) is 7.14. The Kier molecular flexibility index (Phi) is 5.48. The van der Waals surface area contributed by atoms with Crippen LogP contribution in [0.2, 0.25) is 5.02 Å². The van der Waals surface area contributed by atoms with Crippen molar-refractivity contribution < 1.29 is 15.0 Å². The van der Waals surface area contributed by atoms with Gasteiger partial charge >= 0.3 is 6.09 Å². The predicted octanol–water partition coefficient (Wildman–Crippen LogP) is 4.07. The van der Waals surface area contributed by atoms with E-state index in [0.29, 0.717) is 10.6 Å². The van der Waals surface area contributed by atoms with Crippen molar-refractivity contribution in [2.75, 3.05) is 0 Å². The maximum absolute atomic E-state index is 11.8. The zero-order valence-corrected chi connectivity index (χ0v) is 13.0. The van der Waals surface area contributed by atoms with Gasteiger partial charge in [-0.1, -0.05) is 49.1 Å². The Morgan fingerprint density at radius 3 is 2.43 bits per heavy atom. The molecule has 0 heterocycles. The Morgan fingerprint density at radius 2 is 1.90 bits per heavy atom. The molecule has 0 bridgehead atoms. The third-order valence-electron chi connectivity index (χ3n) is 4.17. The van der Waals surface area contributed by atoms with Crippen LogP contribution in [0.4, 0.5) is 4.79 Å². The Bertz CT molecular complexity index is 486. The van der Waals surface area contributed by atoms with Crippen molar-refractivity contribution in [1.29, 1.82) is 0 Å². The van der Waals surface area contributed by atoms with E-state index in [9.17, 15) is 15.0 Å². The first kappa shape index (κ1) is 16.1. The highest BCUT2D eigenvalue weighted by atomic mass is 35.5. The summed E-state index contributed by atoms with van der Waals surface area (Å²) in [5.74, 6) is 0. The van der Waals surface area contributed by atoms with Gasteiger partial charge in [0, 0.05) is 11.1 Å². The van der Waals surface area contributed by atoms with Gasteiger partial charge in [-0.25, -0.2) is 4.79 Å². The normalized spacial score (nSPS) is 19.0. The van der Waals surface area contributed by atoms with Crippen LogP contribution in [0.3, 0.4) is 0 Å². The minimum Gasteiger partial charge on any atom is -0.465 e. The summed E-state index contributed by atoms with van der Waals surface area (Å²) in [7, 11) is 0. The molecule has 1 aromatic rings. The van der Waals surface area contributed by atoms with E-state index in [-0.39, 0.29) is 6.04 Å². The van der Waals surface area contributed by atoms with Gasteiger partial charge < -0.3 is 10.2 Å². The average Bonchev–Trinajstić information content (AvgIpc) is 2.46. The van der Waals surface area contributed by atoms with E-state index in [1.165, 1.54) is 4.90 Å². The number of nitrogens with zero attached hydrogens (tertiary/aromatic N) is 1. The molecule has 0 radical (unpaired) electrons. The van der Waals surface area contributed by atoms with Gasteiger partial charge in [0.15, 0.2) is 0 Å². The summed E-state index contributed by atoms with van der Waals surface area (Å²) in [6, 6.07) is 6.46. The molecule has 0 spiro atoms. The lowest BCUT2D eigenvalue weighted by atomic mass is 9.91. The first-order valence-corrected chi connectivity index (χ1v) is 7.84. The van der Waals surface area contributed by atoms with Gasteiger partial charge in [0.2, 0.25) is 0 Å². The highest BCUT2D eigenvalue weighted by molar-refractivity contribution is 6.31. The number of hydrogen-bond acceptors (Lipinski definition) is 2. The molecule has 1 saturated carbocycles. The SMILES string of the molecule is C[C@H](O)[C@H](c1ccccc1Cl)N(C(=O)O)C1CCCCC1. The topological polar surface area (TPSA) is 60.8 Å². The van der Waals surface area contributed by atoms with Crippen LogP contribution in [0.1, 0.15) is 50.6 Å². The van der Waals surface area contributed by atoms with Gasteiger partial charge in [-0.05, 0) is 31.4 Å². The number of hydrogen-bond donors (Lipinski definition) is 2. The van der Waals surface area contributed by atoms with Crippen molar-refractivity contribution in [2.45, 2.75) is 57.2 Å². The predicted molar refractivity (Wildman–Crippen MR) is 82.6 cm³/mol. The fourth-order valence-electron chi connectivity index (χ4n) is 3.22. The third-order valence-corrected chi connectivity index (χ3v) is 4.51. The van der Waals surface area contributed by atoms with Crippen LogP contribution in [-0.2, 0) is 0 Å². The molecule has 2 rings (SSSR count). The minimum atomic E-state index is -0.993. The molecule has 2 atom stereocenters. The summed E-state index contributed by atoms with van der Waals surface area (Å²) in [5, 5.41) is 20.3. The number of halogens is 1. The lowest BCUT2D eigenvalue weighted by Gasteiger charge is -2.39. The van der Waals surface area contributed by atoms with E-state index in [1.54, 1.807) is 25.1 Å². The molecule has 0 saturated heterocycles. The molecular weight excluding hydrogens is 290 g/mol. The highest BCUT2D eigenvalue weighted by Gasteiger charge is 2.36. The number of carboxylic acid groups (broad SMARTS) is 1. The molecule has 1 amide bonds. The monoisotopic (exact) mass is 311 g/mol. The van der Waals surface area contributed by atoms with Gasteiger partial charge in [-0.2, -0.15) is 0 Å². The average molecular weight is 312 g/mol. The Morgan fingerprint density at radius 1 is 1.29 bits per heavy atom. The van der Waals surface area contributed by atoms with Gasteiger partial charge in [-0.3, -0.25) is 4.90 Å². The molecule has 21 heavy (non-hydrogen) atoms. The molecule has 0 aliphatic heterocycles. The number of carbonyl (C=O) groups is 1. The largest absolute Gasteiger partial charge is 0.465 e. The molecule has 0 unspecified atom stereocenters. The number of aliphatic hydroxyl groups excluding tert-OH is 1. The first-order valence-electron chi connectivity index (χ1n) is 7.46. The van der Waals surface area contributed by atoms with Crippen LogP contribution in [0.25, 0.3) is 0 Å². The van der Waals surface area contributed by atoms with E-state index in [1.807, 2.05) is 6.07 Å². The third kappa shape index (κ3) is 3.69.